The lowest BCUT2D eigenvalue weighted by Crippen LogP contribution is -2.24. The van der Waals surface area contributed by atoms with Crippen molar-refractivity contribution in [2.75, 3.05) is 11.9 Å². The summed E-state index contributed by atoms with van der Waals surface area (Å²) in [6, 6.07) is 8.78. The summed E-state index contributed by atoms with van der Waals surface area (Å²) in [5, 5.41) is 4.58. The molecule has 2 aromatic rings. The summed E-state index contributed by atoms with van der Waals surface area (Å²) in [4.78, 5) is 18.2. The minimum Gasteiger partial charge on any atom is -0.380 e. The maximum atomic E-state index is 11.8. The van der Waals surface area contributed by atoms with E-state index in [1.54, 1.807) is 0 Å². The number of hydrogen-bond donors (Lipinski definition) is 1. The van der Waals surface area contributed by atoms with Gasteiger partial charge in [-0.2, -0.15) is 0 Å². The zero-order valence-corrected chi connectivity index (χ0v) is 16.1. The number of halogens is 1. The third-order valence-corrected chi connectivity index (χ3v) is 6.35. The number of aromatic nitrogens is 1. The van der Waals surface area contributed by atoms with Gasteiger partial charge >= 0.3 is 0 Å². The predicted octanol–water partition coefficient (Wildman–Crippen LogP) is 4.31. The Hall–Kier alpha value is -2.07. The van der Waals surface area contributed by atoms with E-state index in [1.807, 2.05) is 17.2 Å². The van der Waals surface area contributed by atoms with Crippen LogP contribution in [0.2, 0.25) is 5.02 Å². The number of rotatable bonds is 5. The lowest BCUT2D eigenvalue weighted by atomic mass is 9.99. The van der Waals surface area contributed by atoms with E-state index in [0.29, 0.717) is 24.9 Å². The van der Waals surface area contributed by atoms with E-state index in [4.69, 9.17) is 11.6 Å². The van der Waals surface area contributed by atoms with Crippen LogP contribution in [0.5, 0.6) is 0 Å². The summed E-state index contributed by atoms with van der Waals surface area (Å²) in [5.74, 6) is 0.924. The molecule has 5 heteroatoms. The third kappa shape index (κ3) is 3.43. The number of carbonyl (C=O) groups excluding carboxylic acids is 1. The van der Waals surface area contributed by atoms with E-state index in [1.165, 1.54) is 29.5 Å². The Labute approximate surface area is 164 Å². The molecule has 2 heterocycles. The molecule has 140 valence electrons. The molecule has 1 amide bonds. The molecule has 1 N–H and O–H groups in total. The van der Waals surface area contributed by atoms with Crippen LogP contribution in [-0.4, -0.2) is 28.4 Å². The summed E-state index contributed by atoms with van der Waals surface area (Å²) in [7, 11) is 0. The number of anilines is 1. The summed E-state index contributed by atoms with van der Waals surface area (Å²) in [5.41, 5.74) is 6.31. The maximum absolute atomic E-state index is 11.8. The highest BCUT2D eigenvalue weighted by atomic mass is 35.5. The van der Waals surface area contributed by atoms with Gasteiger partial charge in [-0.3, -0.25) is 9.78 Å². The molecule has 1 saturated heterocycles. The Morgan fingerprint density at radius 3 is 2.78 bits per heavy atom. The van der Waals surface area contributed by atoms with Crippen LogP contribution >= 0.6 is 11.6 Å². The molecule has 1 aromatic carbocycles. The van der Waals surface area contributed by atoms with Gasteiger partial charge in [0.15, 0.2) is 0 Å². The number of nitrogens with one attached hydrogen (secondary N) is 1. The van der Waals surface area contributed by atoms with Gasteiger partial charge in [0.1, 0.15) is 0 Å². The largest absolute Gasteiger partial charge is 0.380 e. The smallest absolute Gasteiger partial charge is 0.222 e. The standard InChI is InChI=1S/C22H24ClN3O/c23-20-8-5-15-10-18(11-19(15)22(20)14-3-4-14)25-16-6-7-17(24-12-16)13-26-9-1-2-21(26)27/h5-8,12,14,18,25H,1-4,9-11,13H2. The summed E-state index contributed by atoms with van der Waals surface area (Å²) in [6.45, 7) is 1.48. The van der Waals surface area contributed by atoms with Gasteiger partial charge in [0.2, 0.25) is 5.91 Å². The minimum atomic E-state index is 0.243. The van der Waals surface area contributed by atoms with Crippen molar-refractivity contribution < 1.29 is 4.79 Å². The lowest BCUT2D eigenvalue weighted by molar-refractivity contribution is -0.128. The second kappa shape index (κ2) is 6.83. The minimum absolute atomic E-state index is 0.243. The number of pyridine rings is 1. The fourth-order valence-electron chi connectivity index (χ4n) is 4.52. The Morgan fingerprint density at radius 2 is 2.07 bits per heavy atom. The monoisotopic (exact) mass is 381 g/mol. The number of nitrogens with zero attached hydrogens (tertiary/aromatic N) is 2. The topological polar surface area (TPSA) is 45.2 Å². The summed E-state index contributed by atoms with van der Waals surface area (Å²) in [6.07, 6.45) is 8.16. The molecular weight excluding hydrogens is 358 g/mol. The van der Waals surface area contributed by atoms with Gasteiger partial charge in [-0.1, -0.05) is 17.7 Å². The second-order valence-corrected chi connectivity index (χ2v) is 8.49. The van der Waals surface area contributed by atoms with Gasteiger partial charge in [0, 0.05) is 24.0 Å². The molecule has 0 radical (unpaired) electrons. The van der Waals surface area contributed by atoms with Crippen molar-refractivity contribution in [2.45, 2.75) is 57.0 Å². The van der Waals surface area contributed by atoms with Crippen molar-refractivity contribution in [3.05, 3.63) is 57.9 Å². The molecule has 2 aliphatic carbocycles. The SMILES string of the molecule is O=C1CCCN1Cc1ccc(NC2Cc3ccc(Cl)c(C4CC4)c3C2)cn1. The zero-order valence-electron chi connectivity index (χ0n) is 15.4. The Bertz CT molecular complexity index is 876. The van der Waals surface area contributed by atoms with Gasteiger partial charge in [-0.15, -0.1) is 0 Å². The Morgan fingerprint density at radius 1 is 1.19 bits per heavy atom. The molecule has 0 spiro atoms. The van der Waals surface area contributed by atoms with Crippen molar-refractivity contribution in [1.29, 1.82) is 0 Å². The van der Waals surface area contributed by atoms with E-state index in [9.17, 15) is 4.79 Å². The average Bonchev–Trinajstić information content (AvgIpc) is 3.29. The van der Waals surface area contributed by atoms with Crippen LogP contribution in [0.4, 0.5) is 5.69 Å². The number of benzene rings is 1. The van der Waals surface area contributed by atoms with Gasteiger partial charge in [0.25, 0.3) is 0 Å². The van der Waals surface area contributed by atoms with Crippen LogP contribution in [0, 0.1) is 0 Å². The summed E-state index contributed by atoms with van der Waals surface area (Å²) < 4.78 is 0. The van der Waals surface area contributed by atoms with Crippen LogP contribution in [0.3, 0.4) is 0 Å². The molecule has 4 nitrogen and oxygen atoms in total. The van der Waals surface area contributed by atoms with Crippen molar-refractivity contribution >= 4 is 23.2 Å². The number of fused-ring (bicyclic) bond motifs is 1. The normalized spacial score (nSPS) is 21.6. The second-order valence-electron chi connectivity index (χ2n) is 8.08. The molecule has 1 aliphatic heterocycles. The van der Waals surface area contributed by atoms with Crippen LogP contribution in [0.15, 0.2) is 30.5 Å². The average molecular weight is 382 g/mol. The van der Waals surface area contributed by atoms with Gasteiger partial charge in [0.05, 0.1) is 24.1 Å². The van der Waals surface area contributed by atoms with E-state index in [-0.39, 0.29) is 5.91 Å². The first-order chi connectivity index (χ1) is 13.2. The maximum Gasteiger partial charge on any atom is 0.222 e. The lowest BCUT2D eigenvalue weighted by Gasteiger charge is -2.16. The fourth-order valence-corrected chi connectivity index (χ4v) is 4.85. The predicted molar refractivity (Wildman–Crippen MR) is 107 cm³/mol. The zero-order chi connectivity index (χ0) is 18.4. The van der Waals surface area contributed by atoms with Crippen molar-refractivity contribution in [2.24, 2.45) is 0 Å². The molecule has 27 heavy (non-hydrogen) atoms. The molecule has 2 fully saturated rings. The summed E-state index contributed by atoms with van der Waals surface area (Å²) >= 11 is 6.49. The molecule has 1 atom stereocenters. The molecule has 5 rings (SSSR count). The van der Waals surface area contributed by atoms with E-state index in [0.717, 1.165) is 42.2 Å². The van der Waals surface area contributed by atoms with E-state index in [2.05, 4.69) is 28.5 Å². The highest BCUT2D eigenvalue weighted by Gasteiger charge is 2.33. The van der Waals surface area contributed by atoms with Crippen LogP contribution in [-0.2, 0) is 24.2 Å². The van der Waals surface area contributed by atoms with Crippen LogP contribution in [0.25, 0.3) is 0 Å². The Kier molecular flexibility index (Phi) is 4.31. The van der Waals surface area contributed by atoms with Crippen LogP contribution in [0.1, 0.15) is 54.0 Å². The van der Waals surface area contributed by atoms with Crippen molar-refractivity contribution in [3.63, 3.8) is 0 Å². The number of hydrogen-bond acceptors (Lipinski definition) is 3. The first-order valence-electron chi connectivity index (χ1n) is 9.97. The van der Waals surface area contributed by atoms with Gasteiger partial charge in [-0.25, -0.2) is 0 Å². The highest BCUT2D eigenvalue weighted by Crippen LogP contribution is 2.47. The molecular formula is C22H24ClN3O. The molecule has 3 aliphatic rings. The molecule has 1 aromatic heterocycles. The van der Waals surface area contributed by atoms with Crippen molar-refractivity contribution in [1.82, 2.24) is 9.88 Å². The molecule has 1 saturated carbocycles. The molecule has 1 unspecified atom stereocenters. The quantitative estimate of drug-likeness (QED) is 0.839. The third-order valence-electron chi connectivity index (χ3n) is 6.02. The highest BCUT2D eigenvalue weighted by molar-refractivity contribution is 6.31. The first-order valence-corrected chi connectivity index (χ1v) is 10.3. The van der Waals surface area contributed by atoms with Crippen LogP contribution < -0.4 is 5.32 Å². The van der Waals surface area contributed by atoms with Gasteiger partial charge in [-0.05, 0) is 72.9 Å². The van der Waals surface area contributed by atoms with E-state index < -0.39 is 0 Å². The Balaban J connectivity index is 1.25. The number of likely N-dealkylation sites (tertiary alicyclic amines) is 1. The number of carbonyl (C=O) groups is 1. The fraction of sp³-hybridized carbons (Fsp3) is 0.455. The first kappa shape index (κ1) is 17.1. The van der Waals surface area contributed by atoms with E-state index >= 15 is 0 Å². The molecule has 0 bridgehead atoms. The van der Waals surface area contributed by atoms with Crippen molar-refractivity contribution in [3.8, 4) is 0 Å². The number of amides is 1. The van der Waals surface area contributed by atoms with Gasteiger partial charge < -0.3 is 10.2 Å².